The topological polar surface area (TPSA) is 78.9 Å². The maximum absolute atomic E-state index is 12.7. The molecular formula is C55H94O6. The predicted molar refractivity (Wildman–Crippen MR) is 261 cm³/mol. The smallest absolute Gasteiger partial charge is 0.306 e. The summed E-state index contributed by atoms with van der Waals surface area (Å²) in [7, 11) is 0. The monoisotopic (exact) mass is 851 g/mol. The van der Waals surface area contributed by atoms with Gasteiger partial charge >= 0.3 is 17.9 Å². The molecule has 0 aliphatic heterocycles. The van der Waals surface area contributed by atoms with Crippen LogP contribution in [0.5, 0.6) is 0 Å². The fraction of sp³-hybridized carbons (Fsp3) is 0.727. The van der Waals surface area contributed by atoms with E-state index < -0.39 is 6.10 Å². The van der Waals surface area contributed by atoms with Gasteiger partial charge in [-0.1, -0.05) is 235 Å². The van der Waals surface area contributed by atoms with Gasteiger partial charge in [0, 0.05) is 19.3 Å². The van der Waals surface area contributed by atoms with Crippen LogP contribution in [0.15, 0.2) is 72.9 Å². The van der Waals surface area contributed by atoms with E-state index >= 15 is 0 Å². The SMILES string of the molecule is CC/C=C/C=C/C=C/C=C/C=C/CCCC(=O)OC(COC(=O)CCCCCCCCC/C=C/CCCCCCCC)COC(=O)CCCCCCCCCCCCCCC. The Hall–Kier alpha value is -3.15. The molecule has 0 aromatic heterocycles. The number of esters is 3. The second kappa shape index (κ2) is 49.5. The van der Waals surface area contributed by atoms with Crippen LogP contribution in [0.25, 0.3) is 0 Å². The fourth-order valence-electron chi connectivity index (χ4n) is 7.00. The molecule has 1 unspecified atom stereocenters. The first kappa shape index (κ1) is 57.9. The summed E-state index contributed by atoms with van der Waals surface area (Å²) >= 11 is 0. The van der Waals surface area contributed by atoms with E-state index in [1.807, 2.05) is 54.7 Å². The van der Waals surface area contributed by atoms with E-state index in [9.17, 15) is 14.4 Å². The van der Waals surface area contributed by atoms with Crippen molar-refractivity contribution in [1.82, 2.24) is 0 Å². The molecule has 6 heteroatoms. The van der Waals surface area contributed by atoms with Crippen LogP contribution in [0, 0.1) is 0 Å². The van der Waals surface area contributed by atoms with Crippen molar-refractivity contribution < 1.29 is 28.6 Å². The fourth-order valence-corrected chi connectivity index (χ4v) is 7.00. The highest BCUT2D eigenvalue weighted by molar-refractivity contribution is 5.71. The Bertz CT molecular complexity index is 1160. The maximum Gasteiger partial charge on any atom is 0.306 e. The maximum atomic E-state index is 12.7. The first-order chi connectivity index (χ1) is 30.0. The molecule has 0 N–H and O–H groups in total. The molecule has 0 saturated carbocycles. The minimum Gasteiger partial charge on any atom is -0.462 e. The van der Waals surface area contributed by atoms with E-state index in [1.54, 1.807) is 0 Å². The van der Waals surface area contributed by atoms with E-state index in [2.05, 4.69) is 39.0 Å². The summed E-state index contributed by atoms with van der Waals surface area (Å²) in [5.74, 6) is -0.981. The summed E-state index contributed by atoms with van der Waals surface area (Å²) in [6.07, 6.45) is 61.8. The lowest BCUT2D eigenvalue weighted by atomic mass is 10.0. The lowest BCUT2D eigenvalue weighted by Gasteiger charge is -2.18. The first-order valence-corrected chi connectivity index (χ1v) is 25.5. The van der Waals surface area contributed by atoms with Gasteiger partial charge in [0.05, 0.1) is 0 Å². The van der Waals surface area contributed by atoms with Gasteiger partial charge in [0.2, 0.25) is 0 Å². The summed E-state index contributed by atoms with van der Waals surface area (Å²) in [6.45, 7) is 6.43. The van der Waals surface area contributed by atoms with Gasteiger partial charge in [-0.05, 0) is 57.8 Å². The van der Waals surface area contributed by atoms with Gasteiger partial charge in [-0.25, -0.2) is 0 Å². The highest BCUT2D eigenvalue weighted by Gasteiger charge is 2.19. The Morgan fingerprint density at radius 2 is 0.672 bits per heavy atom. The van der Waals surface area contributed by atoms with Crippen molar-refractivity contribution in [3.8, 4) is 0 Å². The van der Waals surface area contributed by atoms with E-state index in [-0.39, 0.29) is 37.5 Å². The van der Waals surface area contributed by atoms with Crippen LogP contribution in [0.3, 0.4) is 0 Å². The van der Waals surface area contributed by atoms with Crippen LogP contribution < -0.4 is 0 Å². The number of carbonyl (C=O) groups excluding carboxylic acids is 3. The molecule has 6 nitrogen and oxygen atoms in total. The average Bonchev–Trinajstić information content (AvgIpc) is 3.26. The Labute approximate surface area is 376 Å². The third kappa shape index (κ3) is 47.7. The second-order valence-electron chi connectivity index (χ2n) is 16.8. The largest absolute Gasteiger partial charge is 0.462 e. The van der Waals surface area contributed by atoms with Crippen LogP contribution >= 0.6 is 0 Å². The van der Waals surface area contributed by atoms with Crippen molar-refractivity contribution in [2.75, 3.05) is 13.2 Å². The molecule has 0 spiro atoms. The second-order valence-corrected chi connectivity index (χ2v) is 16.8. The molecule has 0 rings (SSSR count). The van der Waals surface area contributed by atoms with Gasteiger partial charge in [-0.3, -0.25) is 14.4 Å². The van der Waals surface area contributed by atoms with Crippen LogP contribution in [0.4, 0.5) is 0 Å². The molecule has 1 atom stereocenters. The molecule has 0 saturated heterocycles. The van der Waals surface area contributed by atoms with Gasteiger partial charge in [0.1, 0.15) is 13.2 Å². The normalized spacial score (nSPS) is 12.6. The summed E-state index contributed by atoms with van der Waals surface area (Å²) < 4.78 is 16.7. The Morgan fingerprint density at radius 3 is 1.08 bits per heavy atom. The lowest BCUT2D eigenvalue weighted by molar-refractivity contribution is -0.167. The van der Waals surface area contributed by atoms with Crippen LogP contribution in [-0.4, -0.2) is 37.2 Å². The molecule has 350 valence electrons. The summed E-state index contributed by atoms with van der Waals surface area (Å²) in [5.41, 5.74) is 0. The number of hydrogen-bond acceptors (Lipinski definition) is 6. The average molecular weight is 851 g/mol. The molecule has 0 aromatic carbocycles. The zero-order valence-electron chi connectivity index (χ0n) is 39.9. The number of allylic oxidation sites excluding steroid dienone is 12. The van der Waals surface area contributed by atoms with Gasteiger partial charge in [-0.2, -0.15) is 0 Å². The van der Waals surface area contributed by atoms with E-state index in [4.69, 9.17) is 14.2 Å². The molecule has 0 aromatic rings. The Balaban J connectivity index is 4.45. The first-order valence-electron chi connectivity index (χ1n) is 25.5. The van der Waals surface area contributed by atoms with Crippen molar-refractivity contribution in [1.29, 1.82) is 0 Å². The molecule has 0 fully saturated rings. The third-order valence-electron chi connectivity index (χ3n) is 10.8. The van der Waals surface area contributed by atoms with Crippen LogP contribution in [0.2, 0.25) is 0 Å². The van der Waals surface area contributed by atoms with E-state index in [0.29, 0.717) is 19.3 Å². The highest BCUT2D eigenvalue weighted by atomic mass is 16.6. The van der Waals surface area contributed by atoms with E-state index in [0.717, 1.165) is 51.4 Å². The molecule has 0 aliphatic carbocycles. The number of carbonyl (C=O) groups is 3. The standard InChI is InChI=1S/C55H94O6/c1-4-7-10-13-16-19-22-25-26-27-28-31-33-36-39-42-45-48-54(57)60-51-52(61-55(58)49-46-43-40-37-34-30-24-21-18-15-12-9-6-3)50-59-53(56)47-44-41-38-35-32-29-23-20-17-14-11-8-5-2/h9,12,15,18,21,24-26,30,34,37,40,52H,4-8,10-11,13-14,16-17,19-20,22-23,27-29,31-33,35-36,38-39,41-51H2,1-3H3/b12-9+,18-15+,24-21+,26-25+,34-30+,40-37+. The predicted octanol–water partition coefficient (Wildman–Crippen LogP) is 16.6. The van der Waals surface area contributed by atoms with Crippen molar-refractivity contribution in [3.05, 3.63) is 72.9 Å². The number of unbranched alkanes of at least 4 members (excludes halogenated alkanes) is 26. The number of ether oxygens (including phenoxy) is 3. The molecule has 0 heterocycles. The summed E-state index contributed by atoms with van der Waals surface area (Å²) in [5, 5.41) is 0. The molecule has 61 heavy (non-hydrogen) atoms. The highest BCUT2D eigenvalue weighted by Crippen LogP contribution is 2.15. The molecular weight excluding hydrogens is 757 g/mol. The van der Waals surface area contributed by atoms with Crippen LogP contribution in [-0.2, 0) is 28.6 Å². The van der Waals surface area contributed by atoms with Gasteiger partial charge < -0.3 is 14.2 Å². The Kier molecular flexibility index (Phi) is 46.9. The van der Waals surface area contributed by atoms with Crippen molar-refractivity contribution in [3.63, 3.8) is 0 Å². The minimum absolute atomic E-state index is 0.104. The van der Waals surface area contributed by atoms with Crippen molar-refractivity contribution in [2.45, 2.75) is 245 Å². The minimum atomic E-state index is -0.811. The number of hydrogen-bond donors (Lipinski definition) is 0. The molecule has 0 aliphatic rings. The van der Waals surface area contributed by atoms with Gasteiger partial charge in [0.25, 0.3) is 0 Å². The third-order valence-corrected chi connectivity index (χ3v) is 10.8. The zero-order valence-corrected chi connectivity index (χ0v) is 39.9. The lowest BCUT2D eigenvalue weighted by Crippen LogP contribution is -2.30. The number of rotatable bonds is 45. The van der Waals surface area contributed by atoms with E-state index in [1.165, 1.54) is 141 Å². The quantitative estimate of drug-likeness (QED) is 0.0200. The van der Waals surface area contributed by atoms with Gasteiger partial charge in [0.15, 0.2) is 6.10 Å². The van der Waals surface area contributed by atoms with Gasteiger partial charge in [-0.15, -0.1) is 0 Å². The summed E-state index contributed by atoms with van der Waals surface area (Å²) in [6, 6.07) is 0. The zero-order chi connectivity index (χ0) is 44.4. The summed E-state index contributed by atoms with van der Waals surface area (Å²) in [4.78, 5) is 37.9. The van der Waals surface area contributed by atoms with Crippen LogP contribution in [0.1, 0.15) is 239 Å². The molecule has 0 bridgehead atoms. The van der Waals surface area contributed by atoms with Crippen molar-refractivity contribution >= 4 is 17.9 Å². The molecule has 0 amide bonds. The van der Waals surface area contributed by atoms with Crippen molar-refractivity contribution in [2.24, 2.45) is 0 Å². The molecule has 0 radical (unpaired) electrons. The Morgan fingerprint density at radius 1 is 0.344 bits per heavy atom.